The Balaban J connectivity index is 1.74. The Labute approximate surface area is 158 Å². The molecule has 1 fully saturated rings. The van der Waals surface area contributed by atoms with E-state index >= 15 is 0 Å². The number of morpholine rings is 1. The lowest BCUT2D eigenvalue weighted by Gasteiger charge is -2.34. The van der Waals surface area contributed by atoms with Crippen LogP contribution in [0.25, 0.3) is 0 Å². The van der Waals surface area contributed by atoms with E-state index in [9.17, 15) is 4.79 Å². The SMILES string of the molecule is COc1ccc(C(=O)NC[C@H](c2cccnc2)N2CCOCC2)c(OC)n1. The smallest absolute Gasteiger partial charge is 0.256 e. The quantitative estimate of drug-likeness (QED) is 0.784. The van der Waals surface area contributed by atoms with Crippen molar-refractivity contribution in [3.8, 4) is 11.8 Å². The number of hydrogen-bond donors (Lipinski definition) is 1. The molecule has 144 valence electrons. The average Bonchev–Trinajstić information content (AvgIpc) is 2.74. The monoisotopic (exact) mass is 372 g/mol. The molecular weight excluding hydrogens is 348 g/mol. The Kier molecular flexibility index (Phi) is 6.56. The molecule has 0 radical (unpaired) electrons. The van der Waals surface area contributed by atoms with E-state index in [2.05, 4.69) is 20.2 Å². The van der Waals surface area contributed by atoms with Crippen molar-refractivity contribution in [1.82, 2.24) is 20.2 Å². The number of carbonyl (C=O) groups excluding carboxylic acids is 1. The van der Waals surface area contributed by atoms with Gasteiger partial charge in [-0.2, -0.15) is 4.98 Å². The lowest BCUT2D eigenvalue weighted by molar-refractivity contribution is 0.0161. The number of nitrogens with zero attached hydrogens (tertiary/aromatic N) is 3. The van der Waals surface area contributed by atoms with Crippen LogP contribution < -0.4 is 14.8 Å². The van der Waals surface area contributed by atoms with Crippen LogP contribution in [0.5, 0.6) is 11.8 Å². The van der Waals surface area contributed by atoms with Crippen molar-refractivity contribution in [3.63, 3.8) is 0 Å². The van der Waals surface area contributed by atoms with E-state index in [1.165, 1.54) is 14.2 Å². The number of amides is 1. The van der Waals surface area contributed by atoms with Crippen LogP contribution in [0.4, 0.5) is 0 Å². The van der Waals surface area contributed by atoms with E-state index in [0.29, 0.717) is 31.2 Å². The molecule has 8 heteroatoms. The van der Waals surface area contributed by atoms with Gasteiger partial charge in [0.2, 0.25) is 11.8 Å². The predicted molar refractivity (Wildman–Crippen MR) is 99.0 cm³/mol. The van der Waals surface area contributed by atoms with Gasteiger partial charge in [0.1, 0.15) is 5.56 Å². The molecule has 0 spiro atoms. The summed E-state index contributed by atoms with van der Waals surface area (Å²) in [7, 11) is 2.99. The number of hydrogen-bond acceptors (Lipinski definition) is 7. The molecule has 0 saturated carbocycles. The van der Waals surface area contributed by atoms with Crippen LogP contribution in [0.1, 0.15) is 22.0 Å². The third-order valence-electron chi connectivity index (χ3n) is 4.49. The van der Waals surface area contributed by atoms with Gasteiger partial charge < -0.3 is 19.5 Å². The summed E-state index contributed by atoms with van der Waals surface area (Å²) < 4.78 is 15.8. The maximum absolute atomic E-state index is 12.7. The first kappa shape index (κ1) is 19.1. The first-order valence-electron chi connectivity index (χ1n) is 8.82. The van der Waals surface area contributed by atoms with Crippen molar-refractivity contribution in [1.29, 1.82) is 0 Å². The maximum atomic E-state index is 12.7. The maximum Gasteiger partial charge on any atom is 0.256 e. The largest absolute Gasteiger partial charge is 0.481 e. The fourth-order valence-electron chi connectivity index (χ4n) is 3.07. The Hall–Kier alpha value is -2.71. The van der Waals surface area contributed by atoms with Crippen molar-refractivity contribution >= 4 is 5.91 Å². The van der Waals surface area contributed by atoms with Crippen molar-refractivity contribution in [2.45, 2.75) is 6.04 Å². The minimum atomic E-state index is -0.246. The first-order chi connectivity index (χ1) is 13.2. The number of aromatic nitrogens is 2. The van der Waals surface area contributed by atoms with E-state index in [1.807, 2.05) is 18.3 Å². The topological polar surface area (TPSA) is 85.8 Å². The summed E-state index contributed by atoms with van der Waals surface area (Å²) >= 11 is 0. The Morgan fingerprint density at radius 1 is 1.26 bits per heavy atom. The highest BCUT2D eigenvalue weighted by atomic mass is 16.5. The average molecular weight is 372 g/mol. The second kappa shape index (κ2) is 9.29. The van der Waals surface area contributed by atoms with Crippen LogP contribution in [-0.2, 0) is 4.74 Å². The van der Waals surface area contributed by atoms with Crippen LogP contribution in [0, 0.1) is 0 Å². The zero-order chi connectivity index (χ0) is 19.1. The number of pyridine rings is 2. The minimum absolute atomic E-state index is 0.0174. The van der Waals surface area contributed by atoms with Crippen molar-refractivity contribution in [2.24, 2.45) is 0 Å². The molecular formula is C19H24N4O4. The third-order valence-corrected chi connectivity index (χ3v) is 4.49. The minimum Gasteiger partial charge on any atom is -0.481 e. The number of methoxy groups -OCH3 is 2. The third kappa shape index (κ3) is 4.72. The molecule has 1 N–H and O–H groups in total. The molecule has 8 nitrogen and oxygen atoms in total. The Morgan fingerprint density at radius 3 is 2.74 bits per heavy atom. The zero-order valence-corrected chi connectivity index (χ0v) is 15.6. The highest BCUT2D eigenvalue weighted by molar-refractivity contribution is 5.96. The van der Waals surface area contributed by atoms with Gasteiger partial charge in [-0.3, -0.25) is 14.7 Å². The molecule has 2 aromatic rings. The highest BCUT2D eigenvalue weighted by Gasteiger charge is 2.24. The molecule has 3 rings (SSSR count). The van der Waals surface area contributed by atoms with E-state index in [4.69, 9.17) is 14.2 Å². The standard InChI is InChI=1S/C19H24N4O4/c1-25-17-6-5-15(19(22-17)26-2)18(24)21-13-16(14-4-3-7-20-12-14)23-8-10-27-11-9-23/h3-7,12,16H,8-11,13H2,1-2H3,(H,21,24)/t16-/m1/s1. The predicted octanol–water partition coefficient (Wildman–Crippen LogP) is 1.30. The summed E-state index contributed by atoms with van der Waals surface area (Å²) in [5.41, 5.74) is 1.42. The summed E-state index contributed by atoms with van der Waals surface area (Å²) in [6, 6.07) is 7.23. The number of rotatable bonds is 7. The molecule has 3 heterocycles. The zero-order valence-electron chi connectivity index (χ0n) is 15.6. The number of carbonyl (C=O) groups is 1. The summed E-state index contributed by atoms with van der Waals surface area (Å²) in [6.45, 7) is 3.42. The highest BCUT2D eigenvalue weighted by Crippen LogP contribution is 2.22. The van der Waals surface area contributed by atoms with Crippen LogP contribution in [-0.4, -0.2) is 67.8 Å². The summed E-state index contributed by atoms with van der Waals surface area (Å²) in [5, 5.41) is 3.00. The van der Waals surface area contributed by atoms with Gasteiger partial charge in [-0.25, -0.2) is 0 Å². The molecule has 0 bridgehead atoms. The van der Waals surface area contributed by atoms with Crippen molar-refractivity contribution in [2.75, 3.05) is 47.1 Å². The molecule has 0 aromatic carbocycles. The molecule has 27 heavy (non-hydrogen) atoms. The van der Waals surface area contributed by atoms with Crippen LogP contribution in [0.15, 0.2) is 36.7 Å². The van der Waals surface area contributed by atoms with Gasteiger partial charge in [0.05, 0.1) is 33.5 Å². The number of nitrogens with one attached hydrogen (secondary N) is 1. The van der Waals surface area contributed by atoms with E-state index < -0.39 is 0 Å². The molecule has 1 amide bonds. The van der Waals surface area contributed by atoms with Gasteiger partial charge in [0.25, 0.3) is 5.91 Å². The fraction of sp³-hybridized carbons (Fsp3) is 0.421. The molecule has 1 aliphatic rings. The fourth-order valence-corrected chi connectivity index (χ4v) is 3.07. The van der Waals surface area contributed by atoms with Gasteiger partial charge in [0.15, 0.2) is 0 Å². The van der Waals surface area contributed by atoms with E-state index in [0.717, 1.165) is 18.7 Å². The summed E-state index contributed by atoms with van der Waals surface area (Å²) in [6.07, 6.45) is 3.58. The van der Waals surface area contributed by atoms with Crippen LogP contribution >= 0.6 is 0 Å². The van der Waals surface area contributed by atoms with Crippen LogP contribution in [0.3, 0.4) is 0 Å². The van der Waals surface area contributed by atoms with Gasteiger partial charge >= 0.3 is 0 Å². The first-order valence-corrected chi connectivity index (χ1v) is 8.82. The van der Waals surface area contributed by atoms with Crippen LogP contribution in [0.2, 0.25) is 0 Å². The van der Waals surface area contributed by atoms with Gasteiger partial charge in [-0.1, -0.05) is 6.07 Å². The van der Waals surface area contributed by atoms with Crippen molar-refractivity contribution in [3.05, 3.63) is 47.8 Å². The molecule has 1 saturated heterocycles. The van der Waals surface area contributed by atoms with Crippen molar-refractivity contribution < 1.29 is 19.0 Å². The molecule has 0 aliphatic carbocycles. The normalized spacial score (nSPS) is 15.8. The second-order valence-electron chi connectivity index (χ2n) is 6.07. The van der Waals surface area contributed by atoms with Gasteiger partial charge in [-0.05, 0) is 17.7 Å². The van der Waals surface area contributed by atoms with E-state index in [-0.39, 0.29) is 17.8 Å². The summed E-state index contributed by atoms with van der Waals surface area (Å²) in [5.74, 6) is 0.380. The summed E-state index contributed by atoms with van der Waals surface area (Å²) in [4.78, 5) is 23.4. The lowest BCUT2D eigenvalue weighted by atomic mass is 10.1. The molecule has 2 aromatic heterocycles. The molecule has 1 aliphatic heterocycles. The van der Waals surface area contributed by atoms with Gasteiger partial charge in [-0.15, -0.1) is 0 Å². The Bertz CT molecular complexity index is 751. The Morgan fingerprint density at radius 2 is 2.07 bits per heavy atom. The lowest BCUT2D eigenvalue weighted by Crippen LogP contribution is -2.43. The number of ether oxygens (including phenoxy) is 3. The van der Waals surface area contributed by atoms with Gasteiger partial charge in [0, 0.05) is 38.1 Å². The van der Waals surface area contributed by atoms with E-state index in [1.54, 1.807) is 18.3 Å². The molecule has 1 atom stereocenters. The molecule has 0 unspecified atom stereocenters. The second-order valence-corrected chi connectivity index (χ2v) is 6.07.